The van der Waals surface area contributed by atoms with E-state index in [-0.39, 0.29) is 12.1 Å². The highest BCUT2D eigenvalue weighted by Gasteiger charge is 2.31. The molecule has 1 N–H and O–H groups in total. The highest BCUT2D eigenvalue weighted by Crippen LogP contribution is 2.33. The summed E-state index contributed by atoms with van der Waals surface area (Å²) >= 11 is 0. The van der Waals surface area contributed by atoms with Crippen LogP contribution in [0.25, 0.3) is 0 Å². The summed E-state index contributed by atoms with van der Waals surface area (Å²) in [5.74, 6) is -1.49. The lowest BCUT2D eigenvalue weighted by Crippen LogP contribution is -2.44. The molecule has 2 aliphatic rings. The maximum Gasteiger partial charge on any atom is 0.232 e. The predicted molar refractivity (Wildman–Crippen MR) is 78.7 cm³/mol. The molecule has 21 heavy (non-hydrogen) atoms. The van der Waals surface area contributed by atoms with E-state index >= 15 is 0 Å². The molecule has 1 aromatic rings. The smallest absolute Gasteiger partial charge is 0.232 e. The van der Waals surface area contributed by atoms with Crippen molar-refractivity contribution in [3.8, 4) is 0 Å². The monoisotopic (exact) mass is 291 g/mol. The van der Waals surface area contributed by atoms with Gasteiger partial charge >= 0.3 is 0 Å². The zero-order chi connectivity index (χ0) is 15.0. The van der Waals surface area contributed by atoms with Crippen LogP contribution in [0.4, 0.5) is 15.8 Å². The van der Waals surface area contributed by atoms with E-state index in [9.17, 15) is 14.0 Å². The Hall–Kier alpha value is -1.95. The van der Waals surface area contributed by atoms with Gasteiger partial charge in [0.2, 0.25) is 11.6 Å². The first-order chi connectivity index (χ1) is 10.1. The van der Waals surface area contributed by atoms with Crippen molar-refractivity contribution in [2.45, 2.75) is 6.92 Å². The van der Waals surface area contributed by atoms with Gasteiger partial charge in [0.05, 0.1) is 23.5 Å². The summed E-state index contributed by atoms with van der Waals surface area (Å²) in [5.41, 5.74) is 1.36. The van der Waals surface area contributed by atoms with Gasteiger partial charge in [-0.25, -0.2) is 4.39 Å². The summed E-state index contributed by atoms with van der Waals surface area (Å²) in [4.78, 5) is 27.4. The van der Waals surface area contributed by atoms with Gasteiger partial charge in [0.25, 0.3) is 0 Å². The topological polar surface area (TPSA) is 52.7 Å². The molecule has 6 heteroatoms. The van der Waals surface area contributed by atoms with E-state index in [4.69, 9.17) is 0 Å². The van der Waals surface area contributed by atoms with Crippen molar-refractivity contribution in [3.63, 3.8) is 0 Å². The summed E-state index contributed by atoms with van der Waals surface area (Å²) in [5, 5.41) is 3.23. The lowest BCUT2D eigenvalue weighted by Gasteiger charge is -2.33. The van der Waals surface area contributed by atoms with E-state index in [0.717, 1.165) is 26.2 Å². The number of rotatable bonds is 2. The highest BCUT2D eigenvalue weighted by molar-refractivity contribution is 6.47. The lowest BCUT2D eigenvalue weighted by molar-refractivity contribution is -0.114. The number of nitrogens with zero attached hydrogens (tertiary/aromatic N) is 2. The van der Waals surface area contributed by atoms with Crippen LogP contribution in [0.3, 0.4) is 0 Å². The molecule has 0 spiro atoms. The second-order valence-electron chi connectivity index (χ2n) is 5.32. The number of halogens is 1. The van der Waals surface area contributed by atoms with Gasteiger partial charge in [-0.05, 0) is 19.1 Å². The maximum absolute atomic E-state index is 14.3. The number of carbonyl (C=O) groups excluding carboxylic acids is 2. The Morgan fingerprint density at radius 1 is 1.19 bits per heavy atom. The summed E-state index contributed by atoms with van der Waals surface area (Å²) in [6, 6.07) is 2.93. The van der Waals surface area contributed by atoms with Crippen LogP contribution in [0.5, 0.6) is 0 Å². The van der Waals surface area contributed by atoms with E-state index in [1.807, 2.05) is 16.7 Å². The van der Waals surface area contributed by atoms with E-state index in [2.05, 4.69) is 5.32 Å². The van der Waals surface area contributed by atoms with Crippen LogP contribution in [0.15, 0.2) is 12.1 Å². The van der Waals surface area contributed by atoms with Gasteiger partial charge in [0.15, 0.2) is 0 Å². The van der Waals surface area contributed by atoms with E-state index < -0.39 is 17.4 Å². The molecule has 3 rings (SSSR count). The molecule has 112 valence electrons. The lowest BCUT2D eigenvalue weighted by atomic mass is 9.98. The van der Waals surface area contributed by atoms with Crippen molar-refractivity contribution in [2.75, 3.05) is 49.1 Å². The summed E-state index contributed by atoms with van der Waals surface area (Å²) in [6.07, 6.45) is 0. The van der Waals surface area contributed by atoms with Crippen LogP contribution in [0.1, 0.15) is 17.3 Å². The number of ketones is 2. The Kier molecular flexibility index (Phi) is 3.63. The number of fused-ring (bicyclic) bond motifs is 1. The van der Waals surface area contributed by atoms with Gasteiger partial charge in [-0.15, -0.1) is 0 Å². The number of piperazine rings is 1. The Morgan fingerprint density at radius 2 is 1.90 bits per heavy atom. The van der Waals surface area contributed by atoms with Crippen molar-refractivity contribution in [1.29, 1.82) is 0 Å². The van der Waals surface area contributed by atoms with Crippen molar-refractivity contribution in [2.24, 2.45) is 0 Å². The average molecular weight is 291 g/mol. The van der Waals surface area contributed by atoms with Gasteiger partial charge in [-0.2, -0.15) is 0 Å². The fourth-order valence-corrected chi connectivity index (χ4v) is 2.91. The fourth-order valence-electron chi connectivity index (χ4n) is 2.91. The molecule has 0 amide bonds. The molecule has 2 heterocycles. The van der Waals surface area contributed by atoms with Crippen molar-refractivity contribution in [3.05, 3.63) is 23.5 Å². The number of Topliss-reactive ketones (excluding diaryl/α,β-unsaturated/α-hetero) is 2. The first-order valence-electron chi connectivity index (χ1n) is 7.23. The SMILES string of the molecule is CCN1CC(=O)C(=O)c2cc(F)c(N3CCNCC3)cc21. The van der Waals surface area contributed by atoms with E-state index in [0.29, 0.717) is 17.9 Å². The van der Waals surface area contributed by atoms with Crippen LogP contribution >= 0.6 is 0 Å². The first kappa shape index (κ1) is 14.0. The van der Waals surface area contributed by atoms with Crippen LogP contribution in [0.2, 0.25) is 0 Å². The normalized spacial score (nSPS) is 19.0. The third-order valence-corrected chi connectivity index (χ3v) is 4.08. The number of carbonyl (C=O) groups is 2. The second-order valence-corrected chi connectivity index (χ2v) is 5.32. The minimum Gasteiger partial charge on any atom is -0.367 e. The summed E-state index contributed by atoms with van der Waals surface area (Å²) < 4.78 is 14.3. The minimum atomic E-state index is -0.583. The zero-order valence-corrected chi connectivity index (χ0v) is 12.0. The Labute approximate surface area is 122 Å². The number of nitrogens with one attached hydrogen (secondary N) is 1. The third kappa shape index (κ3) is 2.40. The molecule has 0 saturated carbocycles. The van der Waals surface area contributed by atoms with Crippen molar-refractivity contribution >= 4 is 22.9 Å². The number of hydrogen-bond acceptors (Lipinski definition) is 5. The molecule has 2 aliphatic heterocycles. The number of likely N-dealkylation sites (N-methyl/N-ethyl adjacent to an activating group) is 1. The van der Waals surface area contributed by atoms with Crippen LogP contribution in [-0.2, 0) is 4.79 Å². The highest BCUT2D eigenvalue weighted by atomic mass is 19.1. The van der Waals surface area contributed by atoms with Gasteiger partial charge in [-0.3, -0.25) is 9.59 Å². The molecule has 1 saturated heterocycles. The van der Waals surface area contributed by atoms with E-state index in [1.54, 1.807) is 6.07 Å². The molecule has 0 aromatic heterocycles. The van der Waals surface area contributed by atoms with Crippen molar-refractivity contribution in [1.82, 2.24) is 5.32 Å². The largest absolute Gasteiger partial charge is 0.367 e. The summed E-state index contributed by atoms with van der Waals surface area (Å²) in [7, 11) is 0. The molecule has 1 aromatic carbocycles. The molecular formula is C15H18FN3O2. The molecule has 1 fully saturated rings. The second kappa shape index (κ2) is 5.44. The minimum absolute atomic E-state index is 0.0783. The van der Waals surface area contributed by atoms with Crippen molar-refractivity contribution < 1.29 is 14.0 Å². The molecule has 0 radical (unpaired) electrons. The molecular weight excluding hydrogens is 273 g/mol. The van der Waals surface area contributed by atoms with Gasteiger partial charge in [-0.1, -0.05) is 0 Å². The fraction of sp³-hybridized carbons (Fsp3) is 0.467. The van der Waals surface area contributed by atoms with Gasteiger partial charge < -0.3 is 15.1 Å². The summed E-state index contributed by atoms with van der Waals surface area (Å²) in [6.45, 7) is 5.69. The van der Waals surface area contributed by atoms with Gasteiger partial charge in [0, 0.05) is 32.7 Å². The Balaban J connectivity index is 2.05. The molecule has 0 unspecified atom stereocenters. The van der Waals surface area contributed by atoms with E-state index in [1.165, 1.54) is 6.07 Å². The predicted octanol–water partition coefficient (Wildman–Crippen LogP) is 0.827. The van der Waals surface area contributed by atoms with Crippen LogP contribution < -0.4 is 15.1 Å². The van der Waals surface area contributed by atoms with Crippen LogP contribution in [0, 0.1) is 5.82 Å². The maximum atomic E-state index is 14.3. The average Bonchev–Trinajstić information content (AvgIpc) is 2.51. The number of anilines is 2. The quantitative estimate of drug-likeness (QED) is 0.818. The molecule has 0 aliphatic carbocycles. The third-order valence-electron chi connectivity index (χ3n) is 4.08. The molecule has 0 bridgehead atoms. The molecule has 5 nitrogen and oxygen atoms in total. The standard InChI is InChI=1S/C15H18FN3O2/c1-2-18-9-14(20)15(21)10-7-11(16)13(8-12(10)18)19-5-3-17-4-6-19/h7-8,17H,2-6,9H2,1H3. The molecule has 0 atom stereocenters. The Bertz CT molecular complexity index is 597. The number of hydrogen-bond donors (Lipinski definition) is 1. The Morgan fingerprint density at radius 3 is 2.57 bits per heavy atom. The first-order valence-corrected chi connectivity index (χ1v) is 7.23. The van der Waals surface area contributed by atoms with Gasteiger partial charge in [0.1, 0.15) is 5.82 Å². The van der Waals surface area contributed by atoms with Crippen LogP contribution in [-0.4, -0.2) is 50.8 Å². The number of benzene rings is 1. The zero-order valence-electron chi connectivity index (χ0n) is 12.0.